The van der Waals surface area contributed by atoms with Crippen LogP contribution in [0.1, 0.15) is 29.0 Å². The minimum absolute atomic E-state index is 0. The Morgan fingerprint density at radius 2 is 1.92 bits per heavy atom. The Morgan fingerprint density at radius 1 is 1.19 bits per heavy atom. The van der Waals surface area contributed by atoms with Crippen LogP contribution in [0.25, 0.3) is 11.0 Å². The number of rotatable bonds is 1. The number of aryl methyl sites for hydroxylation is 1. The van der Waals surface area contributed by atoms with Crippen LogP contribution in [-0.2, 0) is 4.74 Å². The van der Waals surface area contributed by atoms with Crippen LogP contribution in [0.4, 0.5) is 0 Å². The van der Waals surface area contributed by atoms with Crippen molar-refractivity contribution in [2.24, 2.45) is 0 Å². The van der Waals surface area contributed by atoms with Crippen LogP contribution < -0.4 is 5.43 Å². The van der Waals surface area contributed by atoms with Crippen LogP contribution in [0, 0.1) is 6.92 Å². The molecule has 0 bridgehead atoms. The van der Waals surface area contributed by atoms with Gasteiger partial charge in [-0.3, -0.25) is 9.59 Å². The molecule has 0 atom stereocenters. The number of benzene rings is 1. The molecular formula is C19H23ClN2O4. The predicted octanol–water partition coefficient (Wildman–Crippen LogP) is 2.42. The van der Waals surface area contributed by atoms with Crippen molar-refractivity contribution in [2.45, 2.75) is 25.5 Å². The monoisotopic (exact) mass is 378 g/mol. The van der Waals surface area contributed by atoms with Crippen molar-refractivity contribution >= 4 is 29.3 Å². The van der Waals surface area contributed by atoms with Gasteiger partial charge in [-0.2, -0.15) is 0 Å². The fourth-order valence-corrected chi connectivity index (χ4v) is 3.83. The van der Waals surface area contributed by atoms with E-state index < -0.39 is 5.72 Å². The van der Waals surface area contributed by atoms with Crippen LogP contribution in [0.5, 0.6) is 0 Å². The van der Waals surface area contributed by atoms with Crippen molar-refractivity contribution in [2.75, 3.05) is 33.3 Å². The topological polar surface area (TPSA) is 63.0 Å². The Labute approximate surface area is 158 Å². The molecular weight excluding hydrogens is 356 g/mol. The molecule has 7 heteroatoms. The fourth-order valence-electron chi connectivity index (χ4n) is 3.83. The number of amides is 1. The van der Waals surface area contributed by atoms with Gasteiger partial charge in [-0.15, -0.1) is 12.4 Å². The summed E-state index contributed by atoms with van der Waals surface area (Å²) in [5.41, 5.74) is 0.570. The molecule has 1 amide bonds. The molecule has 0 aliphatic carbocycles. The van der Waals surface area contributed by atoms with E-state index in [4.69, 9.17) is 9.15 Å². The molecule has 2 saturated heterocycles. The zero-order valence-electron chi connectivity index (χ0n) is 15.0. The van der Waals surface area contributed by atoms with Gasteiger partial charge in [-0.05, 0) is 25.6 Å². The highest BCUT2D eigenvalue weighted by Gasteiger charge is 2.47. The first-order valence-corrected chi connectivity index (χ1v) is 8.68. The number of para-hydroxylation sites is 1. The normalized spacial score (nSPS) is 19.7. The van der Waals surface area contributed by atoms with Crippen LogP contribution in [0.3, 0.4) is 0 Å². The third-order valence-electron chi connectivity index (χ3n) is 5.35. The number of nitrogens with zero attached hydrogens (tertiary/aromatic N) is 2. The summed E-state index contributed by atoms with van der Waals surface area (Å²) < 4.78 is 11.8. The van der Waals surface area contributed by atoms with E-state index in [9.17, 15) is 9.59 Å². The molecule has 0 radical (unpaired) electrons. The Hall–Kier alpha value is -1.89. The molecule has 0 N–H and O–H groups in total. The lowest BCUT2D eigenvalue weighted by atomic mass is 9.99. The predicted molar refractivity (Wildman–Crippen MR) is 101 cm³/mol. The largest absolute Gasteiger partial charge is 0.450 e. The van der Waals surface area contributed by atoms with Crippen molar-refractivity contribution in [1.29, 1.82) is 0 Å². The number of carbonyl (C=O) groups is 1. The number of hydrogen-bond acceptors (Lipinski definition) is 5. The van der Waals surface area contributed by atoms with Crippen LogP contribution in [0.15, 0.2) is 33.5 Å². The number of likely N-dealkylation sites (tertiary alicyclic amines) is 1. The molecule has 2 fully saturated rings. The number of hydrogen-bond donors (Lipinski definition) is 0. The minimum Gasteiger partial charge on any atom is -0.450 e. The van der Waals surface area contributed by atoms with Gasteiger partial charge in [0.25, 0.3) is 5.91 Å². The lowest BCUT2D eigenvalue weighted by Gasteiger charge is -2.42. The van der Waals surface area contributed by atoms with Crippen LogP contribution in [0.2, 0.25) is 0 Å². The summed E-state index contributed by atoms with van der Waals surface area (Å²) in [6, 6.07) is 6.72. The first kappa shape index (κ1) is 18.9. The number of carbonyl (C=O) groups excluding carboxylic acids is 1. The van der Waals surface area contributed by atoms with Gasteiger partial charge >= 0.3 is 0 Å². The highest BCUT2D eigenvalue weighted by molar-refractivity contribution is 5.94. The van der Waals surface area contributed by atoms with Crippen molar-refractivity contribution in [1.82, 2.24) is 9.80 Å². The van der Waals surface area contributed by atoms with Gasteiger partial charge in [-0.1, -0.05) is 12.1 Å². The van der Waals surface area contributed by atoms with Crippen molar-refractivity contribution in [3.63, 3.8) is 0 Å². The summed E-state index contributed by atoms with van der Waals surface area (Å²) >= 11 is 0. The van der Waals surface area contributed by atoms with Gasteiger partial charge in [-0.25, -0.2) is 0 Å². The molecule has 0 unspecified atom stereocenters. The van der Waals surface area contributed by atoms with E-state index in [2.05, 4.69) is 11.9 Å². The van der Waals surface area contributed by atoms with E-state index in [-0.39, 0.29) is 29.5 Å². The number of fused-ring (bicyclic) bond motifs is 1. The minimum atomic E-state index is -0.567. The summed E-state index contributed by atoms with van der Waals surface area (Å²) in [5.74, 6) is -0.167. The first-order valence-electron chi connectivity index (χ1n) is 8.68. The average molecular weight is 379 g/mol. The quantitative estimate of drug-likeness (QED) is 0.762. The van der Waals surface area contributed by atoms with Crippen molar-refractivity contribution < 1.29 is 13.9 Å². The zero-order chi connectivity index (χ0) is 17.6. The van der Waals surface area contributed by atoms with Gasteiger partial charge in [0.05, 0.1) is 12.0 Å². The Balaban J connectivity index is 0.00000196. The van der Waals surface area contributed by atoms with Gasteiger partial charge in [0.1, 0.15) is 11.3 Å². The molecule has 1 aromatic heterocycles. The molecule has 2 aliphatic heterocycles. The van der Waals surface area contributed by atoms with Gasteiger partial charge in [0, 0.05) is 38.5 Å². The lowest BCUT2D eigenvalue weighted by molar-refractivity contribution is -0.103. The average Bonchev–Trinajstić information content (AvgIpc) is 3.01. The smallest absolute Gasteiger partial charge is 0.292 e. The molecule has 2 aliphatic rings. The van der Waals surface area contributed by atoms with E-state index >= 15 is 0 Å². The molecule has 3 heterocycles. The molecule has 6 nitrogen and oxygen atoms in total. The lowest BCUT2D eigenvalue weighted by Crippen LogP contribution is -2.54. The Morgan fingerprint density at radius 3 is 2.65 bits per heavy atom. The fraction of sp³-hybridized carbons (Fsp3) is 0.474. The maximum atomic E-state index is 13.1. The van der Waals surface area contributed by atoms with E-state index in [1.807, 2.05) is 19.1 Å². The number of ether oxygens (including phenoxy) is 1. The summed E-state index contributed by atoms with van der Waals surface area (Å²) in [6.07, 6.45) is 1.54. The molecule has 140 valence electrons. The molecule has 1 aromatic carbocycles. The van der Waals surface area contributed by atoms with Crippen LogP contribution in [-0.4, -0.2) is 54.7 Å². The molecule has 0 saturated carbocycles. The van der Waals surface area contributed by atoms with E-state index in [0.717, 1.165) is 31.5 Å². The number of piperidine rings is 1. The second-order valence-corrected chi connectivity index (χ2v) is 6.98. The number of halogens is 1. The molecule has 2 aromatic rings. The second-order valence-electron chi connectivity index (χ2n) is 6.98. The standard InChI is InChI=1S/C19H22N2O4.ClH/c1-13-4-3-5-14-15(22)12-16(25-17(13)14)18(23)21-10-11-24-19(21)6-8-20(2)9-7-19;/h3-5,12H,6-11H2,1-2H3;1H. The van der Waals surface area contributed by atoms with Crippen LogP contribution >= 0.6 is 12.4 Å². The van der Waals surface area contributed by atoms with E-state index in [0.29, 0.717) is 24.1 Å². The Bertz CT molecular complexity index is 887. The van der Waals surface area contributed by atoms with E-state index in [1.54, 1.807) is 11.0 Å². The summed E-state index contributed by atoms with van der Waals surface area (Å²) in [4.78, 5) is 29.5. The molecule has 4 rings (SSSR count). The third kappa shape index (κ3) is 3.02. The highest BCUT2D eigenvalue weighted by atomic mass is 35.5. The summed E-state index contributed by atoms with van der Waals surface area (Å²) in [5, 5.41) is 0.503. The summed E-state index contributed by atoms with van der Waals surface area (Å²) in [7, 11) is 2.07. The third-order valence-corrected chi connectivity index (χ3v) is 5.35. The van der Waals surface area contributed by atoms with Crippen molar-refractivity contribution in [3.05, 3.63) is 45.8 Å². The molecule has 1 spiro atoms. The molecule has 26 heavy (non-hydrogen) atoms. The van der Waals surface area contributed by atoms with Gasteiger partial charge in [0.15, 0.2) is 11.2 Å². The van der Waals surface area contributed by atoms with Gasteiger partial charge < -0.3 is 19.0 Å². The van der Waals surface area contributed by atoms with Gasteiger partial charge in [0.2, 0.25) is 0 Å². The SMILES string of the molecule is Cc1cccc2c(=O)cc(C(=O)N3CCOC34CCN(C)CC4)oc12.Cl. The Kier molecular flexibility index (Phi) is 5.10. The zero-order valence-corrected chi connectivity index (χ0v) is 15.8. The summed E-state index contributed by atoms with van der Waals surface area (Å²) in [6.45, 7) is 4.68. The maximum absolute atomic E-state index is 13.1. The maximum Gasteiger partial charge on any atom is 0.292 e. The van der Waals surface area contributed by atoms with Crippen molar-refractivity contribution in [3.8, 4) is 0 Å². The second kappa shape index (κ2) is 7.02. The first-order chi connectivity index (χ1) is 12.0. The highest BCUT2D eigenvalue weighted by Crippen LogP contribution is 2.35. The van der Waals surface area contributed by atoms with E-state index in [1.165, 1.54) is 6.07 Å².